The highest BCUT2D eigenvalue weighted by atomic mass is 35.5. The van der Waals surface area contributed by atoms with Crippen LogP contribution in [0.4, 0.5) is 0 Å². The van der Waals surface area contributed by atoms with Gasteiger partial charge in [-0.15, -0.1) is 11.3 Å². The minimum atomic E-state index is -0.0731. The molecule has 0 aliphatic carbocycles. The van der Waals surface area contributed by atoms with Crippen LogP contribution < -0.4 is 5.32 Å². The summed E-state index contributed by atoms with van der Waals surface area (Å²) in [5, 5.41) is 2.84. The molecular weight excluding hydrogens is 286 g/mol. The van der Waals surface area contributed by atoms with E-state index in [0.717, 1.165) is 25.9 Å². The van der Waals surface area contributed by atoms with Gasteiger partial charge < -0.3 is 14.8 Å². The Morgan fingerprint density at radius 3 is 3.16 bits per heavy atom. The smallest absolute Gasteiger partial charge is 0.261 e. The van der Waals surface area contributed by atoms with Crippen molar-refractivity contribution < 1.29 is 14.3 Å². The Morgan fingerprint density at radius 1 is 1.58 bits per heavy atom. The highest BCUT2D eigenvalue weighted by Gasteiger charge is 2.15. The van der Waals surface area contributed by atoms with Crippen LogP contribution in [0.5, 0.6) is 0 Å². The number of ether oxygens (including phenoxy) is 2. The topological polar surface area (TPSA) is 47.6 Å². The van der Waals surface area contributed by atoms with E-state index in [-0.39, 0.29) is 12.0 Å². The molecule has 1 aliphatic rings. The highest BCUT2D eigenvalue weighted by molar-refractivity contribution is 7.17. The Hall–Kier alpha value is -0.620. The predicted octanol–water partition coefficient (Wildman–Crippen LogP) is 2.72. The summed E-state index contributed by atoms with van der Waals surface area (Å²) in [5.74, 6) is -0.0731. The number of rotatable bonds is 7. The number of nitrogens with one attached hydrogen (secondary N) is 1. The second kappa shape index (κ2) is 7.85. The minimum Gasteiger partial charge on any atom is -0.379 e. The fraction of sp³-hybridized carbons (Fsp3) is 0.615. The maximum absolute atomic E-state index is 11.7. The molecule has 1 saturated heterocycles. The summed E-state index contributed by atoms with van der Waals surface area (Å²) in [6.45, 7) is 2.77. The second-order valence-electron chi connectivity index (χ2n) is 4.42. The molecule has 2 rings (SSSR count). The maximum atomic E-state index is 11.7. The van der Waals surface area contributed by atoms with Crippen LogP contribution >= 0.6 is 22.9 Å². The molecule has 0 spiro atoms. The summed E-state index contributed by atoms with van der Waals surface area (Å²) in [6, 6.07) is 3.46. The molecule has 6 heteroatoms. The van der Waals surface area contributed by atoms with Gasteiger partial charge in [-0.05, 0) is 31.4 Å². The monoisotopic (exact) mass is 303 g/mol. The standard InChI is InChI=1S/C13H18ClNO3S/c14-12-5-4-11(19-12)13(16)15-6-2-7-17-9-10-3-1-8-18-10/h4-5,10H,1-3,6-9H2,(H,15,16). The Labute approximate surface area is 122 Å². The average Bonchev–Trinajstić information content (AvgIpc) is 3.04. The van der Waals surface area contributed by atoms with Crippen molar-refractivity contribution in [3.8, 4) is 0 Å². The van der Waals surface area contributed by atoms with Gasteiger partial charge in [0.2, 0.25) is 0 Å². The van der Waals surface area contributed by atoms with Crippen LogP contribution in [0, 0.1) is 0 Å². The fourth-order valence-corrected chi connectivity index (χ4v) is 2.85. The van der Waals surface area contributed by atoms with Crippen LogP contribution in [-0.2, 0) is 9.47 Å². The van der Waals surface area contributed by atoms with Crippen LogP contribution in [0.2, 0.25) is 4.34 Å². The van der Waals surface area contributed by atoms with Crippen molar-refractivity contribution in [3.05, 3.63) is 21.3 Å². The SMILES string of the molecule is O=C(NCCCOCC1CCCO1)c1ccc(Cl)s1. The van der Waals surface area contributed by atoms with E-state index in [1.807, 2.05) is 0 Å². The zero-order chi connectivity index (χ0) is 13.5. The molecule has 0 bridgehead atoms. The van der Waals surface area contributed by atoms with Crippen molar-refractivity contribution in [2.75, 3.05) is 26.4 Å². The third-order valence-corrected chi connectivity index (χ3v) is 4.11. The Kier molecular flexibility index (Phi) is 6.10. The van der Waals surface area contributed by atoms with Crippen molar-refractivity contribution >= 4 is 28.8 Å². The Balaban J connectivity index is 1.50. The van der Waals surface area contributed by atoms with E-state index < -0.39 is 0 Å². The molecule has 2 heterocycles. The summed E-state index contributed by atoms with van der Waals surface area (Å²) in [4.78, 5) is 12.3. The predicted molar refractivity (Wildman–Crippen MR) is 76.1 cm³/mol. The van der Waals surface area contributed by atoms with E-state index >= 15 is 0 Å². The van der Waals surface area contributed by atoms with E-state index in [9.17, 15) is 4.79 Å². The molecular formula is C13H18ClNO3S. The van der Waals surface area contributed by atoms with Crippen molar-refractivity contribution in [2.24, 2.45) is 0 Å². The lowest BCUT2D eigenvalue weighted by Gasteiger charge is -2.10. The summed E-state index contributed by atoms with van der Waals surface area (Å²) >= 11 is 7.06. The molecule has 1 unspecified atom stereocenters. The number of hydrogen-bond acceptors (Lipinski definition) is 4. The van der Waals surface area contributed by atoms with Gasteiger partial charge >= 0.3 is 0 Å². The Bertz CT molecular complexity index is 404. The molecule has 1 fully saturated rings. The van der Waals surface area contributed by atoms with Gasteiger partial charge in [0.15, 0.2) is 0 Å². The largest absolute Gasteiger partial charge is 0.379 e. The highest BCUT2D eigenvalue weighted by Crippen LogP contribution is 2.21. The van der Waals surface area contributed by atoms with Gasteiger partial charge in [0, 0.05) is 19.8 Å². The first-order valence-corrected chi connectivity index (χ1v) is 7.68. The molecule has 1 aromatic rings. The summed E-state index contributed by atoms with van der Waals surface area (Å²) in [5.41, 5.74) is 0. The summed E-state index contributed by atoms with van der Waals surface area (Å²) in [7, 11) is 0. The van der Waals surface area contributed by atoms with E-state index in [4.69, 9.17) is 21.1 Å². The molecule has 1 aliphatic heterocycles. The molecule has 1 amide bonds. The maximum Gasteiger partial charge on any atom is 0.261 e. The molecule has 1 atom stereocenters. The minimum absolute atomic E-state index is 0.0731. The van der Waals surface area contributed by atoms with E-state index in [1.54, 1.807) is 12.1 Å². The lowest BCUT2D eigenvalue weighted by atomic mass is 10.2. The lowest BCUT2D eigenvalue weighted by molar-refractivity contribution is 0.0166. The van der Waals surface area contributed by atoms with E-state index in [1.165, 1.54) is 11.3 Å². The number of carbonyl (C=O) groups excluding carboxylic acids is 1. The molecule has 106 valence electrons. The number of hydrogen-bond donors (Lipinski definition) is 1. The van der Waals surface area contributed by atoms with E-state index in [2.05, 4.69) is 5.32 Å². The van der Waals surface area contributed by atoms with Gasteiger partial charge in [0.05, 0.1) is 21.9 Å². The van der Waals surface area contributed by atoms with Crippen molar-refractivity contribution in [2.45, 2.75) is 25.4 Å². The molecule has 0 saturated carbocycles. The van der Waals surface area contributed by atoms with E-state index in [0.29, 0.717) is 29.0 Å². The van der Waals surface area contributed by atoms with Gasteiger partial charge in [-0.25, -0.2) is 0 Å². The molecule has 19 heavy (non-hydrogen) atoms. The average molecular weight is 304 g/mol. The van der Waals surface area contributed by atoms with Gasteiger partial charge in [0.25, 0.3) is 5.91 Å². The second-order valence-corrected chi connectivity index (χ2v) is 6.14. The third-order valence-electron chi connectivity index (χ3n) is 2.88. The fourth-order valence-electron chi connectivity index (χ4n) is 1.89. The van der Waals surface area contributed by atoms with Crippen LogP contribution in [0.1, 0.15) is 28.9 Å². The third kappa shape index (κ3) is 5.10. The molecule has 1 N–H and O–H groups in total. The zero-order valence-electron chi connectivity index (χ0n) is 10.7. The van der Waals surface area contributed by atoms with Crippen LogP contribution in [0.25, 0.3) is 0 Å². The molecule has 0 aromatic carbocycles. The number of amides is 1. The van der Waals surface area contributed by atoms with Crippen molar-refractivity contribution in [1.29, 1.82) is 0 Å². The first kappa shape index (κ1) is 14.8. The lowest BCUT2D eigenvalue weighted by Crippen LogP contribution is -2.25. The number of thiophene rings is 1. The van der Waals surface area contributed by atoms with Crippen molar-refractivity contribution in [1.82, 2.24) is 5.32 Å². The van der Waals surface area contributed by atoms with Gasteiger partial charge in [-0.3, -0.25) is 4.79 Å². The molecule has 4 nitrogen and oxygen atoms in total. The van der Waals surface area contributed by atoms with Crippen LogP contribution in [-0.4, -0.2) is 38.4 Å². The summed E-state index contributed by atoms with van der Waals surface area (Å²) in [6.07, 6.45) is 3.30. The first-order valence-electron chi connectivity index (χ1n) is 6.48. The first-order chi connectivity index (χ1) is 9.25. The molecule has 1 aromatic heterocycles. The number of carbonyl (C=O) groups is 1. The van der Waals surface area contributed by atoms with Gasteiger partial charge in [-0.1, -0.05) is 11.6 Å². The van der Waals surface area contributed by atoms with Gasteiger partial charge in [-0.2, -0.15) is 0 Å². The van der Waals surface area contributed by atoms with Crippen LogP contribution in [0.15, 0.2) is 12.1 Å². The quantitative estimate of drug-likeness (QED) is 0.788. The molecule has 0 radical (unpaired) electrons. The van der Waals surface area contributed by atoms with Crippen LogP contribution in [0.3, 0.4) is 0 Å². The number of halogens is 1. The summed E-state index contributed by atoms with van der Waals surface area (Å²) < 4.78 is 11.6. The normalized spacial score (nSPS) is 18.7. The Morgan fingerprint density at radius 2 is 2.47 bits per heavy atom. The van der Waals surface area contributed by atoms with Crippen molar-refractivity contribution in [3.63, 3.8) is 0 Å². The zero-order valence-corrected chi connectivity index (χ0v) is 12.3. The van der Waals surface area contributed by atoms with Gasteiger partial charge in [0.1, 0.15) is 0 Å².